The van der Waals surface area contributed by atoms with Crippen LogP contribution in [0.25, 0.3) is 5.65 Å². The monoisotopic (exact) mass is 723 g/mol. The largest absolute Gasteiger partial charge is 0.484 e. The number of allylic oxidation sites excluding steroid dienone is 1. The first-order valence-corrected chi connectivity index (χ1v) is 18.3. The van der Waals surface area contributed by atoms with E-state index in [1.807, 2.05) is 67.8 Å². The second-order valence-corrected chi connectivity index (χ2v) is 14.6. The van der Waals surface area contributed by atoms with Gasteiger partial charge in [0.05, 0.1) is 17.9 Å². The second-order valence-electron chi connectivity index (χ2n) is 14.6. The normalized spacial score (nSPS) is 17.8. The summed E-state index contributed by atoms with van der Waals surface area (Å²) in [6, 6.07) is 19.6. The number of carbonyl (C=O) groups is 2. The molecule has 2 aromatic carbocycles. The molecule has 0 unspecified atom stereocenters. The number of benzene rings is 2. The van der Waals surface area contributed by atoms with Crippen LogP contribution < -0.4 is 26.0 Å². The SMILES string of the molecule is CCN(C)Cc1ccc(N=C(/C=C(\N)C(C)(C)C)NC(=O)N[C@H]2CC[C@@H](Oc3ccc4nnc(N5CCCCC5)n4c3)c3ccccc32)cc1.O=CO. The molecule has 0 bridgehead atoms. The van der Waals surface area contributed by atoms with E-state index in [-0.39, 0.29) is 30.1 Å². The summed E-state index contributed by atoms with van der Waals surface area (Å²) in [6.45, 7) is 11.8. The zero-order valence-corrected chi connectivity index (χ0v) is 31.5. The van der Waals surface area contributed by atoms with E-state index in [4.69, 9.17) is 25.4 Å². The predicted molar refractivity (Wildman–Crippen MR) is 208 cm³/mol. The zero-order chi connectivity index (χ0) is 38.0. The van der Waals surface area contributed by atoms with Gasteiger partial charge >= 0.3 is 6.03 Å². The Kier molecular flexibility index (Phi) is 13.1. The summed E-state index contributed by atoms with van der Waals surface area (Å²) in [5, 5.41) is 22.0. The summed E-state index contributed by atoms with van der Waals surface area (Å²) >= 11 is 0. The maximum absolute atomic E-state index is 13.6. The van der Waals surface area contributed by atoms with E-state index in [1.54, 1.807) is 6.08 Å². The average molecular weight is 724 g/mol. The van der Waals surface area contributed by atoms with Crippen molar-refractivity contribution in [3.63, 3.8) is 0 Å². The van der Waals surface area contributed by atoms with Crippen LogP contribution in [0.15, 0.2) is 83.6 Å². The molecular formula is C40H53N9O4. The van der Waals surface area contributed by atoms with E-state index in [9.17, 15) is 4.79 Å². The molecule has 1 fully saturated rings. The molecule has 1 aliphatic carbocycles. The van der Waals surface area contributed by atoms with E-state index in [2.05, 4.69) is 68.9 Å². The van der Waals surface area contributed by atoms with Gasteiger partial charge in [-0.05, 0) is 86.7 Å². The molecule has 53 heavy (non-hydrogen) atoms. The molecule has 5 N–H and O–H groups in total. The van der Waals surface area contributed by atoms with Crippen molar-refractivity contribution in [3.8, 4) is 5.75 Å². The number of hydrogen-bond acceptors (Lipinski definition) is 9. The van der Waals surface area contributed by atoms with Crippen LogP contribution in [-0.2, 0) is 11.3 Å². The number of carboxylic acid groups (broad SMARTS) is 1. The lowest BCUT2D eigenvalue weighted by atomic mass is 9.85. The lowest BCUT2D eigenvalue weighted by molar-refractivity contribution is -0.122. The van der Waals surface area contributed by atoms with Gasteiger partial charge in [-0.15, -0.1) is 10.2 Å². The number of rotatable bonds is 9. The third-order valence-electron chi connectivity index (χ3n) is 9.59. The lowest BCUT2D eigenvalue weighted by Crippen LogP contribution is -2.42. The smallest absolute Gasteiger partial charge is 0.320 e. The first-order chi connectivity index (χ1) is 25.5. The minimum Gasteiger partial charge on any atom is -0.484 e. The molecule has 0 spiro atoms. The predicted octanol–water partition coefficient (Wildman–Crippen LogP) is 6.75. The van der Waals surface area contributed by atoms with Gasteiger partial charge in [-0.1, -0.05) is 64.1 Å². The van der Waals surface area contributed by atoms with Gasteiger partial charge in [-0.25, -0.2) is 9.79 Å². The highest BCUT2D eigenvalue weighted by Gasteiger charge is 2.30. The van der Waals surface area contributed by atoms with Gasteiger partial charge in [-0.2, -0.15) is 0 Å². The maximum Gasteiger partial charge on any atom is 0.320 e. The van der Waals surface area contributed by atoms with Gasteiger partial charge < -0.3 is 30.7 Å². The van der Waals surface area contributed by atoms with Gasteiger partial charge in [0, 0.05) is 36.8 Å². The number of aromatic nitrogens is 3. The molecular weight excluding hydrogens is 670 g/mol. The number of carbonyl (C=O) groups excluding carboxylic acids is 1. The molecule has 282 valence electrons. The van der Waals surface area contributed by atoms with Crippen LogP contribution in [0.5, 0.6) is 5.75 Å². The van der Waals surface area contributed by atoms with Crippen LogP contribution in [0.1, 0.15) is 88.6 Å². The third-order valence-corrected chi connectivity index (χ3v) is 9.59. The van der Waals surface area contributed by atoms with E-state index < -0.39 is 0 Å². The molecule has 1 saturated heterocycles. The number of amidine groups is 1. The van der Waals surface area contributed by atoms with Crippen molar-refractivity contribution in [2.75, 3.05) is 31.6 Å². The Balaban J connectivity index is 0.00000175. The Morgan fingerprint density at radius 2 is 1.74 bits per heavy atom. The molecule has 2 amide bonds. The topological polar surface area (TPSA) is 163 Å². The number of pyridine rings is 1. The quantitative estimate of drug-likeness (QED) is 0.0832. The lowest BCUT2D eigenvalue weighted by Gasteiger charge is -2.32. The number of ether oxygens (including phenoxy) is 1. The summed E-state index contributed by atoms with van der Waals surface area (Å²) in [4.78, 5) is 31.3. The number of piperidine rings is 1. The fourth-order valence-electron chi connectivity index (χ4n) is 6.43. The first kappa shape index (κ1) is 38.8. The Morgan fingerprint density at radius 3 is 2.42 bits per heavy atom. The maximum atomic E-state index is 13.6. The number of nitrogens with zero attached hydrogens (tertiary/aromatic N) is 6. The van der Waals surface area contributed by atoms with Gasteiger partial charge in [0.15, 0.2) is 5.65 Å². The summed E-state index contributed by atoms with van der Waals surface area (Å²) in [6.07, 6.45) is 8.61. The third kappa shape index (κ3) is 10.3. The molecule has 0 radical (unpaired) electrons. The number of urea groups is 1. The van der Waals surface area contributed by atoms with E-state index in [0.717, 1.165) is 79.6 Å². The Morgan fingerprint density at radius 1 is 1.04 bits per heavy atom. The number of nitrogens with two attached hydrogens (primary N) is 1. The minimum absolute atomic E-state index is 0.161. The molecule has 13 nitrogen and oxygen atoms in total. The van der Waals surface area contributed by atoms with Crippen LogP contribution >= 0.6 is 0 Å². The fraction of sp³-hybridized carbons (Fsp3) is 0.425. The Bertz CT molecular complexity index is 1890. The van der Waals surface area contributed by atoms with Crippen molar-refractivity contribution in [2.24, 2.45) is 16.1 Å². The Labute approximate surface area is 311 Å². The number of amides is 2. The molecule has 0 saturated carbocycles. The summed E-state index contributed by atoms with van der Waals surface area (Å²) in [7, 11) is 2.09. The van der Waals surface area contributed by atoms with Crippen molar-refractivity contribution in [1.29, 1.82) is 0 Å². The van der Waals surface area contributed by atoms with Crippen LogP contribution in [-0.4, -0.2) is 69.6 Å². The molecule has 2 aliphatic rings. The molecule has 6 rings (SSSR count). The fourth-order valence-corrected chi connectivity index (χ4v) is 6.43. The van der Waals surface area contributed by atoms with Crippen LogP contribution in [0, 0.1) is 5.41 Å². The molecule has 2 aromatic heterocycles. The second kappa shape index (κ2) is 17.9. The number of nitrogens with one attached hydrogen (secondary N) is 2. The number of anilines is 1. The average Bonchev–Trinajstić information content (AvgIpc) is 3.57. The van der Waals surface area contributed by atoms with Crippen LogP contribution in [0.4, 0.5) is 16.4 Å². The van der Waals surface area contributed by atoms with E-state index >= 15 is 0 Å². The number of aliphatic imine (C=N–C) groups is 1. The minimum atomic E-state index is -0.342. The zero-order valence-electron chi connectivity index (χ0n) is 31.5. The van der Waals surface area contributed by atoms with Crippen molar-refractivity contribution in [3.05, 3.63) is 95.3 Å². The number of fused-ring (bicyclic) bond motifs is 2. The molecule has 3 heterocycles. The standard InChI is InChI=1S/C39H51N9O2.CH2O2/c1-6-46(5)25-27-14-16-28(17-15-27)41-35(24-34(40)39(2,3)4)43-37(49)42-32-19-20-33(31-13-9-8-12-30(31)32)50-29-18-21-36-44-45-38(48(36)26-29)47-22-10-7-11-23-47;2-1-3/h8-9,12-18,21,24,26,32-33H,6-7,10-11,19-20,22-23,25,40H2,1-5H3,(H2,41,42,43,49);1H,(H,2,3)/b34-24-;/t32-,33+;/m0./s1. The molecule has 1 aliphatic heterocycles. The highest BCUT2D eigenvalue weighted by Crippen LogP contribution is 2.39. The van der Waals surface area contributed by atoms with Crippen molar-refractivity contribution < 1.29 is 19.4 Å². The number of hydrogen-bond donors (Lipinski definition) is 4. The summed E-state index contributed by atoms with van der Waals surface area (Å²) in [5.41, 5.74) is 11.6. The van der Waals surface area contributed by atoms with Gasteiger partial charge in [0.2, 0.25) is 5.95 Å². The summed E-state index contributed by atoms with van der Waals surface area (Å²) in [5.74, 6) is 2.00. The molecule has 4 aromatic rings. The van der Waals surface area contributed by atoms with Crippen molar-refractivity contribution in [2.45, 2.75) is 78.5 Å². The van der Waals surface area contributed by atoms with Gasteiger partial charge in [0.25, 0.3) is 6.47 Å². The highest BCUT2D eigenvalue weighted by atomic mass is 16.5. The highest BCUT2D eigenvalue weighted by molar-refractivity contribution is 6.05. The van der Waals surface area contributed by atoms with E-state index in [1.165, 1.54) is 12.0 Å². The van der Waals surface area contributed by atoms with E-state index in [0.29, 0.717) is 18.0 Å². The summed E-state index contributed by atoms with van der Waals surface area (Å²) < 4.78 is 8.66. The van der Waals surface area contributed by atoms with Crippen LogP contribution in [0.2, 0.25) is 0 Å². The molecule has 2 atom stereocenters. The van der Waals surface area contributed by atoms with Crippen molar-refractivity contribution in [1.82, 2.24) is 30.1 Å². The Hall–Kier alpha value is -5.43. The van der Waals surface area contributed by atoms with Gasteiger partial charge in [-0.3, -0.25) is 14.5 Å². The van der Waals surface area contributed by atoms with Crippen LogP contribution in [0.3, 0.4) is 0 Å². The first-order valence-electron chi connectivity index (χ1n) is 18.3. The molecule has 13 heteroatoms. The van der Waals surface area contributed by atoms with Gasteiger partial charge in [0.1, 0.15) is 17.7 Å². The van der Waals surface area contributed by atoms with Crippen molar-refractivity contribution >= 4 is 35.6 Å².